The highest BCUT2D eigenvalue weighted by Gasteiger charge is 2.21. The quantitative estimate of drug-likeness (QED) is 0.145. The van der Waals surface area contributed by atoms with Crippen LogP contribution in [0, 0.1) is 0 Å². The van der Waals surface area contributed by atoms with E-state index in [4.69, 9.17) is 0 Å². The largest absolute Gasteiger partial charge is 0.310 e. The molecule has 0 saturated carbocycles. The average Bonchev–Trinajstić information content (AvgIpc) is 3.70. The van der Waals surface area contributed by atoms with Gasteiger partial charge in [0.05, 0.1) is 11.0 Å². The molecule has 1 aromatic heterocycles. The number of fused-ring (bicyclic) bond motifs is 6. The van der Waals surface area contributed by atoms with Gasteiger partial charge in [-0.3, -0.25) is 0 Å². The summed E-state index contributed by atoms with van der Waals surface area (Å²) < 4.78 is 2.38. The zero-order valence-corrected chi connectivity index (χ0v) is 37.4. The lowest BCUT2D eigenvalue weighted by molar-refractivity contribution is 0.590. The van der Waals surface area contributed by atoms with Crippen molar-refractivity contribution in [2.75, 3.05) is 4.90 Å². The second-order valence-corrected chi connectivity index (χ2v) is 18.5. The molecule has 12 rings (SSSR count). The molecule has 12 aromatic rings. The van der Waals surface area contributed by atoms with Crippen molar-refractivity contribution in [1.29, 1.82) is 0 Å². The summed E-state index contributed by atoms with van der Waals surface area (Å²) in [6.45, 7) is 6.83. The zero-order chi connectivity index (χ0) is 44.4. The van der Waals surface area contributed by atoms with E-state index in [1.807, 2.05) is 0 Å². The second kappa shape index (κ2) is 15.8. The van der Waals surface area contributed by atoms with Crippen LogP contribution in [0.4, 0.5) is 17.1 Å². The number of hydrogen-bond acceptors (Lipinski definition) is 1. The van der Waals surface area contributed by atoms with E-state index < -0.39 is 0 Å². The van der Waals surface area contributed by atoms with E-state index in [-0.39, 0.29) is 5.41 Å². The normalized spacial score (nSPS) is 11.9. The summed E-state index contributed by atoms with van der Waals surface area (Å²) in [5.74, 6) is 0. The first-order valence-electron chi connectivity index (χ1n) is 23.0. The first-order valence-corrected chi connectivity index (χ1v) is 23.0. The molecular formula is C64H48N2. The highest BCUT2D eigenvalue weighted by atomic mass is 15.1. The van der Waals surface area contributed by atoms with Gasteiger partial charge in [0.1, 0.15) is 0 Å². The van der Waals surface area contributed by atoms with Gasteiger partial charge in [-0.25, -0.2) is 0 Å². The Balaban J connectivity index is 1.02. The fraction of sp³-hybridized carbons (Fsp3) is 0.0625. The Morgan fingerprint density at radius 2 is 0.788 bits per heavy atom. The van der Waals surface area contributed by atoms with Crippen molar-refractivity contribution >= 4 is 71.2 Å². The topological polar surface area (TPSA) is 8.17 Å². The van der Waals surface area contributed by atoms with Crippen LogP contribution >= 0.6 is 0 Å². The lowest BCUT2D eigenvalue weighted by Crippen LogP contribution is -2.10. The van der Waals surface area contributed by atoms with Gasteiger partial charge in [0.2, 0.25) is 0 Å². The molecule has 1 heterocycles. The van der Waals surface area contributed by atoms with Crippen LogP contribution in [0.15, 0.2) is 237 Å². The molecule has 0 fully saturated rings. The SMILES string of the molecule is CC(C)(C)c1ccc(-c2c3ccccc3c(-c3ccc(N(c4ccc(-c5cccc6ccccc56)cc4)c4ccc5c(c4)c4ccccc4n5-c4ccccc4)cc3)c3ccccc23)cc1. The summed E-state index contributed by atoms with van der Waals surface area (Å²) in [5.41, 5.74) is 15.6. The fourth-order valence-corrected chi connectivity index (χ4v) is 10.3. The Morgan fingerprint density at radius 3 is 1.38 bits per heavy atom. The van der Waals surface area contributed by atoms with E-state index in [2.05, 4.69) is 267 Å². The van der Waals surface area contributed by atoms with Crippen molar-refractivity contribution in [2.24, 2.45) is 0 Å². The van der Waals surface area contributed by atoms with Crippen LogP contribution in [0.5, 0.6) is 0 Å². The van der Waals surface area contributed by atoms with E-state index in [1.54, 1.807) is 0 Å². The summed E-state index contributed by atoms with van der Waals surface area (Å²) in [4.78, 5) is 2.41. The number of aromatic nitrogens is 1. The highest BCUT2D eigenvalue weighted by Crippen LogP contribution is 2.46. The van der Waals surface area contributed by atoms with Gasteiger partial charge in [-0.2, -0.15) is 0 Å². The number of anilines is 3. The van der Waals surface area contributed by atoms with Crippen LogP contribution in [0.25, 0.3) is 93.2 Å². The maximum absolute atomic E-state index is 2.41. The van der Waals surface area contributed by atoms with Crippen LogP contribution in [0.1, 0.15) is 26.3 Å². The maximum atomic E-state index is 2.41. The van der Waals surface area contributed by atoms with Gasteiger partial charge in [-0.15, -0.1) is 0 Å². The summed E-state index contributed by atoms with van der Waals surface area (Å²) in [7, 11) is 0. The number of rotatable bonds is 7. The molecule has 2 heteroatoms. The van der Waals surface area contributed by atoms with Crippen LogP contribution in [-0.2, 0) is 5.41 Å². The smallest absolute Gasteiger partial charge is 0.0542 e. The standard InChI is InChI=1S/C64H48N2/c1-64(2,3)47-34-28-45(29-35-47)62-55-22-9-11-24-57(55)63(58-25-12-10-23-56(58)62)46-32-38-50(39-33-46)65(49-36-30-44(31-37-49)53-26-15-17-43-16-7-8-20-52(43)53)51-40-41-61-59(42-51)54-21-13-14-27-60(54)66(61)48-18-5-4-6-19-48/h4-42H,1-3H3. The molecule has 11 aromatic carbocycles. The molecule has 0 spiro atoms. The van der Waals surface area contributed by atoms with Gasteiger partial charge >= 0.3 is 0 Å². The minimum Gasteiger partial charge on any atom is -0.310 e. The van der Waals surface area contributed by atoms with Gasteiger partial charge < -0.3 is 9.47 Å². The van der Waals surface area contributed by atoms with Crippen LogP contribution in [-0.4, -0.2) is 4.57 Å². The monoisotopic (exact) mass is 844 g/mol. The van der Waals surface area contributed by atoms with Gasteiger partial charge in [-0.1, -0.05) is 197 Å². The highest BCUT2D eigenvalue weighted by molar-refractivity contribution is 6.21. The Bertz CT molecular complexity index is 3700. The van der Waals surface area contributed by atoms with Crippen LogP contribution in [0.3, 0.4) is 0 Å². The molecule has 314 valence electrons. The van der Waals surface area contributed by atoms with Gasteiger partial charge in [0.25, 0.3) is 0 Å². The third kappa shape index (κ3) is 6.64. The Labute approximate surface area is 386 Å². The molecule has 0 aliphatic rings. The molecule has 0 unspecified atom stereocenters. The van der Waals surface area contributed by atoms with E-state index >= 15 is 0 Å². The number of nitrogens with zero attached hydrogens (tertiary/aromatic N) is 2. The molecule has 0 bridgehead atoms. The van der Waals surface area contributed by atoms with Crippen molar-refractivity contribution in [3.63, 3.8) is 0 Å². The molecule has 0 N–H and O–H groups in total. The molecular weight excluding hydrogens is 797 g/mol. The number of benzene rings is 11. The molecule has 0 aliphatic carbocycles. The summed E-state index contributed by atoms with van der Waals surface area (Å²) in [5, 5.41) is 9.96. The molecule has 0 saturated heterocycles. The Kier molecular flexibility index (Phi) is 9.43. The minimum atomic E-state index is 0.0880. The van der Waals surface area contributed by atoms with Crippen molar-refractivity contribution in [2.45, 2.75) is 26.2 Å². The number of para-hydroxylation sites is 2. The third-order valence-corrected chi connectivity index (χ3v) is 13.5. The molecule has 0 atom stereocenters. The predicted octanol–water partition coefficient (Wildman–Crippen LogP) is 18.0. The predicted molar refractivity (Wildman–Crippen MR) is 283 cm³/mol. The first kappa shape index (κ1) is 39.4. The van der Waals surface area contributed by atoms with E-state index in [0.717, 1.165) is 22.7 Å². The molecule has 66 heavy (non-hydrogen) atoms. The summed E-state index contributed by atoms with van der Waals surface area (Å²) in [6, 6.07) is 87.0. The Morgan fingerprint density at radius 1 is 0.333 bits per heavy atom. The molecule has 2 nitrogen and oxygen atoms in total. The van der Waals surface area contributed by atoms with Crippen molar-refractivity contribution in [3.8, 4) is 39.1 Å². The minimum absolute atomic E-state index is 0.0880. The third-order valence-electron chi connectivity index (χ3n) is 13.5. The van der Waals surface area contributed by atoms with E-state index in [9.17, 15) is 0 Å². The maximum Gasteiger partial charge on any atom is 0.0542 e. The van der Waals surface area contributed by atoms with Gasteiger partial charge in [0.15, 0.2) is 0 Å². The van der Waals surface area contributed by atoms with E-state index in [0.29, 0.717) is 0 Å². The summed E-state index contributed by atoms with van der Waals surface area (Å²) >= 11 is 0. The Hall–Kier alpha value is -8.20. The van der Waals surface area contributed by atoms with Gasteiger partial charge in [-0.05, 0) is 137 Å². The van der Waals surface area contributed by atoms with Crippen molar-refractivity contribution in [3.05, 3.63) is 242 Å². The average molecular weight is 845 g/mol. The molecule has 0 amide bonds. The zero-order valence-electron chi connectivity index (χ0n) is 37.4. The first-order chi connectivity index (χ1) is 32.4. The van der Waals surface area contributed by atoms with Crippen molar-refractivity contribution < 1.29 is 0 Å². The lowest BCUT2D eigenvalue weighted by Gasteiger charge is -2.26. The van der Waals surface area contributed by atoms with Crippen LogP contribution in [0.2, 0.25) is 0 Å². The molecule has 0 radical (unpaired) electrons. The van der Waals surface area contributed by atoms with Crippen LogP contribution < -0.4 is 4.90 Å². The van der Waals surface area contributed by atoms with E-state index in [1.165, 1.54) is 93.1 Å². The second-order valence-electron chi connectivity index (χ2n) is 18.5. The lowest BCUT2D eigenvalue weighted by atomic mass is 9.83. The fourth-order valence-electron chi connectivity index (χ4n) is 10.3. The van der Waals surface area contributed by atoms with Gasteiger partial charge in [0, 0.05) is 33.5 Å². The number of hydrogen-bond donors (Lipinski definition) is 0. The summed E-state index contributed by atoms with van der Waals surface area (Å²) in [6.07, 6.45) is 0. The molecule has 0 aliphatic heterocycles. The van der Waals surface area contributed by atoms with Crippen molar-refractivity contribution in [1.82, 2.24) is 4.57 Å².